The highest BCUT2D eigenvalue weighted by Crippen LogP contribution is 2.30. The van der Waals surface area contributed by atoms with Crippen molar-refractivity contribution in [3.63, 3.8) is 0 Å². The summed E-state index contributed by atoms with van der Waals surface area (Å²) in [5, 5.41) is 3.33. The summed E-state index contributed by atoms with van der Waals surface area (Å²) < 4.78 is 10.4. The van der Waals surface area contributed by atoms with Crippen molar-refractivity contribution < 1.29 is 14.3 Å². The molecule has 0 amide bonds. The van der Waals surface area contributed by atoms with Gasteiger partial charge in [0.2, 0.25) is 0 Å². The Hall–Kier alpha value is -0.650. The molecule has 0 radical (unpaired) electrons. The van der Waals surface area contributed by atoms with E-state index in [9.17, 15) is 4.79 Å². The van der Waals surface area contributed by atoms with Gasteiger partial charge in [-0.15, -0.1) is 0 Å². The van der Waals surface area contributed by atoms with Gasteiger partial charge in [-0.25, -0.2) is 0 Å². The van der Waals surface area contributed by atoms with Gasteiger partial charge in [0.15, 0.2) is 0 Å². The highest BCUT2D eigenvalue weighted by molar-refractivity contribution is 5.73. The van der Waals surface area contributed by atoms with E-state index in [-0.39, 0.29) is 18.0 Å². The lowest BCUT2D eigenvalue weighted by Crippen LogP contribution is -2.45. The van der Waals surface area contributed by atoms with E-state index in [2.05, 4.69) is 10.2 Å². The standard InChI is InChI=1S/C12H22N2O3/c1-16-12(15)10-8-11(9-10)17-7-6-14-4-2-13-3-5-14/h10-11,13H,2-9H2,1H3. The summed E-state index contributed by atoms with van der Waals surface area (Å²) in [6.07, 6.45) is 1.92. The number of piperazine rings is 1. The fourth-order valence-corrected chi connectivity index (χ4v) is 2.34. The Morgan fingerprint density at radius 3 is 2.71 bits per heavy atom. The van der Waals surface area contributed by atoms with Crippen molar-refractivity contribution in [1.82, 2.24) is 10.2 Å². The number of hydrogen-bond donors (Lipinski definition) is 1. The molecule has 1 saturated carbocycles. The molecule has 0 unspecified atom stereocenters. The summed E-state index contributed by atoms with van der Waals surface area (Å²) >= 11 is 0. The van der Waals surface area contributed by atoms with Crippen molar-refractivity contribution in [2.45, 2.75) is 18.9 Å². The van der Waals surface area contributed by atoms with Crippen molar-refractivity contribution in [2.75, 3.05) is 46.4 Å². The largest absolute Gasteiger partial charge is 0.469 e. The van der Waals surface area contributed by atoms with Crippen LogP contribution in [-0.4, -0.2) is 63.4 Å². The van der Waals surface area contributed by atoms with Gasteiger partial charge in [-0.2, -0.15) is 0 Å². The number of carbonyl (C=O) groups is 1. The average Bonchev–Trinajstić information content (AvgIpc) is 2.32. The molecule has 5 nitrogen and oxygen atoms in total. The van der Waals surface area contributed by atoms with E-state index < -0.39 is 0 Å². The molecule has 0 atom stereocenters. The molecule has 1 aliphatic carbocycles. The van der Waals surface area contributed by atoms with Gasteiger partial charge in [-0.1, -0.05) is 0 Å². The molecular formula is C12H22N2O3. The van der Waals surface area contributed by atoms with Crippen molar-refractivity contribution in [3.05, 3.63) is 0 Å². The van der Waals surface area contributed by atoms with Crippen molar-refractivity contribution in [3.8, 4) is 0 Å². The highest BCUT2D eigenvalue weighted by Gasteiger charge is 2.35. The number of methoxy groups -OCH3 is 1. The number of nitrogens with zero attached hydrogens (tertiary/aromatic N) is 1. The quantitative estimate of drug-likeness (QED) is 0.680. The van der Waals surface area contributed by atoms with Gasteiger partial charge in [0.25, 0.3) is 0 Å². The van der Waals surface area contributed by atoms with Crippen LogP contribution >= 0.6 is 0 Å². The maximum atomic E-state index is 11.2. The Balaban J connectivity index is 1.51. The van der Waals surface area contributed by atoms with E-state index in [1.807, 2.05) is 0 Å². The molecule has 2 aliphatic rings. The Morgan fingerprint density at radius 1 is 1.35 bits per heavy atom. The third-order valence-electron chi connectivity index (χ3n) is 3.60. The monoisotopic (exact) mass is 242 g/mol. The lowest BCUT2D eigenvalue weighted by atomic mass is 9.82. The zero-order chi connectivity index (χ0) is 12.1. The van der Waals surface area contributed by atoms with E-state index in [0.717, 1.165) is 52.2 Å². The minimum Gasteiger partial charge on any atom is -0.469 e. The number of carbonyl (C=O) groups excluding carboxylic acids is 1. The summed E-state index contributed by atoms with van der Waals surface area (Å²) in [7, 11) is 1.45. The molecule has 0 aromatic heterocycles. The molecule has 2 fully saturated rings. The van der Waals surface area contributed by atoms with E-state index >= 15 is 0 Å². The zero-order valence-electron chi connectivity index (χ0n) is 10.5. The van der Waals surface area contributed by atoms with Crippen molar-refractivity contribution in [1.29, 1.82) is 0 Å². The first-order valence-corrected chi connectivity index (χ1v) is 6.42. The van der Waals surface area contributed by atoms with E-state index in [4.69, 9.17) is 9.47 Å². The van der Waals surface area contributed by atoms with Crippen LogP contribution < -0.4 is 5.32 Å². The number of rotatable bonds is 5. The van der Waals surface area contributed by atoms with Gasteiger partial charge < -0.3 is 14.8 Å². The van der Waals surface area contributed by atoms with Gasteiger partial charge in [-0.3, -0.25) is 9.69 Å². The van der Waals surface area contributed by atoms with Crippen LogP contribution in [0.15, 0.2) is 0 Å². The molecule has 17 heavy (non-hydrogen) atoms. The summed E-state index contributed by atoms with van der Waals surface area (Å²) in [6.45, 7) is 6.15. The van der Waals surface area contributed by atoms with Crippen molar-refractivity contribution in [2.24, 2.45) is 5.92 Å². The van der Waals surface area contributed by atoms with Gasteiger partial charge in [-0.05, 0) is 12.8 Å². The molecule has 5 heteroatoms. The summed E-state index contributed by atoms with van der Waals surface area (Å²) in [4.78, 5) is 13.6. The molecule has 98 valence electrons. The molecule has 0 aromatic rings. The summed E-state index contributed by atoms with van der Waals surface area (Å²) in [5.41, 5.74) is 0. The molecule has 1 heterocycles. The Labute approximate surface area is 102 Å². The van der Waals surface area contributed by atoms with Gasteiger partial charge in [0.05, 0.1) is 25.7 Å². The Kier molecular flexibility index (Phi) is 4.76. The summed E-state index contributed by atoms with van der Waals surface area (Å²) in [6, 6.07) is 0. The van der Waals surface area contributed by atoms with Crippen LogP contribution in [0.3, 0.4) is 0 Å². The number of ether oxygens (including phenoxy) is 2. The second kappa shape index (κ2) is 6.33. The van der Waals surface area contributed by atoms with Crippen LogP contribution in [0, 0.1) is 5.92 Å². The average molecular weight is 242 g/mol. The first kappa shape index (κ1) is 12.8. The fourth-order valence-electron chi connectivity index (χ4n) is 2.34. The number of nitrogens with one attached hydrogen (secondary N) is 1. The first-order valence-electron chi connectivity index (χ1n) is 6.42. The molecule has 2 rings (SSSR count). The van der Waals surface area contributed by atoms with Crippen LogP contribution in [0.2, 0.25) is 0 Å². The molecule has 0 aromatic carbocycles. The van der Waals surface area contributed by atoms with Gasteiger partial charge >= 0.3 is 5.97 Å². The minimum atomic E-state index is -0.0908. The third-order valence-corrected chi connectivity index (χ3v) is 3.60. The maximum Gasteiger partial charge on any atom is 0.308 e. The SMILES string of the molecule is COC(=O)C1CC(OCCN2CCNCC2)C1. The Morgan fingerprint density at radius 2 is 2.06 bits per heavy atom. The van der Waals surface area contributed by atoms with Crippen LogP contribution in [0.4, 0.5) is 0 Å². The van der Waals surface area contributed by atoms with E-state index in [0.29, 0.717) is 0 Å². The van der Waals surface area contributed by atoms with E-state index in [1.165, 1.54) is 7.11 Å². The first-order chi connectivity index (χ1) is 8.29. The minimum absolute atomic E-state index is 0.0733. The van der Waals surface area contributed by atoms with Crippen LogP contribution in [0.25, 0.3) is 0 Å². The Bertz CT molecular complexity index is 248. The number of hydrogen-bond acceptors (Lipinski definition) is 5. The topological polar surface area (TPSA) is 50.8 Å². The molecule has 1 aliphatic heterocycles. The predicted octanol–water partition coefficient (Wildman–Crippen LogP) is -0.140. The molecule has 0 spiro atoms. The molecule has 1 saturated heterocycles. The molecular weight excluding hydrogens is 220 g/mol. The van der Waals surface area contributed by atoms with Gasteiger partial charge in [0.1, 0.15) is 0 Å². The highest BCUT2D eigenvalue weighted by atomic mass is 16.5. The normalized spacial score (nSPS) is 29.7. The fraction of sp³-hybridized carbons (Fsp3) is 0.917. The van der Waals surface area contributed by atoms with Gasteiger partial charge in [0, 0.05) is 32.7 Å². The molecule has 1 N–H and O–H groups in total. The zero-order valence-corrected chi connectivity index (χ0v) is 10.5. The molecule has 0 bridgehead atoms. The predicted molar refractivity (Wildman–Crippen MR) is 63.8 cm³/mol. The van der Waals surface area contributed by atoms with Crippen molar-refractivity contribution >= 4 is 5.97 Å². The van der Waals surface area contributed by atoms with Crippen LogP contribution in [-0.2, 0) is 14.3 Å². The van der Waals surface area contributed by atoms with Crippen LogP contribution in [0.5, 0.6) is 0 Å². The third kappa shape index (κ3) is 3.66. The second-order valence-corrected chi connectivity index (χ2v) is 4.78. The summed E-state index contributed by atoms with van der Waals surface area (Å²) in [5.74, 6) is -0.0175. The second-order valence-electron chi connectivity index (χ2n) is 4.78. The van der Waals surface area contributed by atoms with E-state index in [1.54, 1.807) is 0 Å². The smallest absolute Gasteiger partial charge is 0.308 e. The lowest BCUT2D eigenvalue weighted by Gasteiger charge is -2.34. The lowest BCUT2D eigenvalue weighted by molar-refractivity contribution is -0.155. The van der Waals surface area contributed by atoms with Crippen LogP contribution in [0.1, 0.15) is 12.8 Å². The number of esters is 1. The maximum absolute atomic E-state index is 11.2.